The topological polar surface area (TPSA) is 54.9 Å². The van der Waals surface area contributed by atoms with Crippen LogP contribution in [0.5, 0.6) is 11.5 Å². The van der Waals surface area contributed by atoms with Gasteiger partial charge in [-0.3, -0.25) is 9.78 Å². The quantitative estimate of drug-likeness (QED) is 0.634. The molecule has 6 heteroatoms. The van der Waals surface area contributed by atoms with Crippen molar-refractivity contribution in [3.63, 3.8) is 0 Å². The third-order valence-corrected chi connectivity index (χ3v) is 6.00. The summed E-state index contributed by atoms with van der Waals surface area (Å²) in [5, 5.41) is 0. The Balaban J connectivity index is 1.44. The number of aromatic nitrogens is 1. The third kappa shape index (κ3) is 5.95. The van der Waals surface area contributed by atoms with Crippen LogP contribution < -0.4 is 9.47 Å². The van der Waals surface area contributed by atoms with Crippen LogP contribution in [0, 0.1) is 0 Å². The minimum Gasteiger partial charge on any atom is -0.497 e. The van der Waals surface area contributed by atoms with Crippen LogP contribution in [0.2, 0.25) is 0 Å². The highest BCUT2D eigenvalue weighted by Gasteiger charge is 2.25. The van der Waals surface area contributed by atoms with Crippen LogP contribution in [-0.4, -0.2) is 67.6 Å². The molecule has 1 saturated heterocycles. The van der Waals surface area contributed by atoms with Gasteiger partial charge in [0.15, 0.2) is 0 Å². The van der Waals surface area contributed by atoms with E-state index < -0.39 is 0 Å². The molecule has 0 N–H and O–H groups in total. The number of ether oxygens (including phenoxy) is 2. The molecule has 162 valence electrons. The highest BCUT2D eigenvalue weighted by molar-refractivity contribution is 5.76. The summed E-state index contributed by atoms with van der Waals surface area (Å²) in [7, 11) is 5.24. The zero-order chi connectivity index (χ0) is 21.3. The van der Waals surface area contributed by atoms with Gasteiger partial charge in [0, 0.05) is 57.5 Å². The van der Waals surface area contributed by atoms with Gasteiger partial charge in [0.1, 0.15) is 11.5 Å². The van der Waals surface area contributed by atoms with Crippen molar-refractivity contribution in [3.8, 4) is 11.5 Å². The highest BCUT2D eigenvalue weighted by Crippen LogP contribution is 2.25. The van der Waals surface area contributed by atoms with Gasteiger partial charge >= 0.3 is 0 Å². The van der Waals surface area contributed by atoms with Gasteiger partial charge in [-0.1, -0.05) is 6.07 Å². The van der Waals surface area contributed by atoms with Crippen molar-refractivity contribution < 1.29 is 14.3 Å². The number of carbonyl (C=O) groups is 1. The number of amides is 1. The molecule has 2 aromatic rings. The highest BCUT2D eigenvalue weighted by atomic mass is 16.5. The number of likely N-dealkylation sites (tertiary alicyclic amines) is 1. The Hall–Kier alpha value is -2.60. The molecule has 1 aromatic heterocycles. The van der Waals surface area contributed by atoms with Crippen LogP contribution in [0.1, 0.15) is 30.5 Å². The number of benzene rings is 1. The van der Waals surface area contributed by atoms with Gasteiger partial charge in [-0.15, -0.1) is 0 Å². The van der Waals surface area contributed by atoms with Crippen LogP contribution in [-0.2, 0) is 17.6 Å². The minimum atomic E-state index is 0.187. The molecule has 3 rings (SSSR count). The van der Waals surface area contributed by atoms with Crippen LogP contribution >= 0.6 is 0 Å². The number of aryl methyl sites for hydroxylation is 1. The van der Waals surface area contributed by atoms with Crippen molar-refractivity contribution >= 4 is 5.91 Å². The zero-order valence-corrected chi connectivity index (χ0v) is 18.3. The average Bonchev–Trinajstić information content (AvgIpc) is 2.81. The predicted octanol–water partition coefficient (Wildman–Crippen LogP) is 3.20. The molecule has 0 atom stereocenters. The molecular formula is C24H33N3O3. The first-order chi connectivity index (χ1) is 14.6. The number of carbonyl (C=O) groups excluding carboxylic acids is 1. The molecule has 30 heavy (non-hydrogen) atoms. The number of piperidine rings is 1. The Morgan fingerprint density at radius 2 is 1.93 bits per heavy atom. The van der Waals surface area contributed by atoms with Gasteiger partial charge in [0.2, 0.25) is 5.91 Å². The average molecular weight is 412 g/mol. The molecule has 1 aliphatic heterocycles. The number of pyridine rings is 1. The Bertz CT molecular complexity index is 805. The summed E-state index contributed by atoms with van der Waals surface area (Å²) in [6, 6.07) is 12.1. The summed E-state index contributed by atoms with van der Waals surface area (Å²) < 4.78 is 10.7. The Kier molecular flexibility index (Phi) is 8.08. The lowest BCUT2D eigenvalue weighted by Crippen LogP contribution is -2.46. The maximum absolute atomic E-state index is 12.8. The van der Waals surface area contributed by atoms with E-state index in [2.05, 4.69) is 16.0 Å². The van der Waals surface area contributed by atoms with Gasteiger partial charge in [-0.2, -0.15) is 0 Å². The smallest absolute Gasteiger partial charge is 0.222 e. The summed E-state index contributed by atoms with van der Waals surface area (Å²) in [6.07, 6.45) is 5.98. The fourth-order valence-corrected chi connectivity index (χ4v) is 4.05. The standard InChI is InChI=1S/C24H33N3O3/c1-26(24(28)10-7-19-18-22(29-2)8-9-23(19)30-3)21-12-16-27(17-13-21)15-11-20-6-4-5-14-25-20/h4-6,8-9,14,18,21H,7,10-13,15-17H2,1-3H3. The van der Waals surface area contributed by atoms with E-state index in [0.29, 0.717) is 18.9 Å². The first-order valence-corrected chi connectivity index (χ1v) is 10.7. The van der Waals surface area contributed by atoms with Gasteiger partial charge in [-0.05, 0) is 55.2 Å². The summed E-state index contributed by atoms with van der Waals surface area (Å²) in [6.45, 7) is 3.08. The van der Waals surface area contributed by atoms with Crippen LogP contribution in [0.3, 0.4) is 0 Å². The van der Waals surface area contributed by atoms with Gasteiger partial charge in [0.05, 0.1) is 14.2 Å². The summed E-state index contributed by atoms with van der Waals surface area (Å²) in [5.41, 5.74) is 2.14. The minimum absolute atomic E-state index is 0.187. The SMILES string of the molecule is COc1ccc(OC)c(CCC(=O)N(C)C2CCN(CCc3ccccn3)CC2)c1. The van der Waals surface area contributed by atoms with Gasteiger partial charge < -0.3 is 19.3 Å². The molecule has 0 bridgehead atoms. The van der Waals surface area contributed by atoms with Crippen LogP contribution in [0.25, 0.3) is 0 Å². The fourth-order valence-electron chi connectivity index (χ4n) is 4.05. The molecule has 1 aliphatic rings. The van der Waals surface area contributed by atoms with E-state index >= 15 is 0 Å². The van der Waals surface area contributed by atoms with Crippen LogP contribution in [0.15, 0.2) is 42.6 Å². The van der Waals surface area contributed by atoms with Crippen LogP contribution in [0.4, 0.5) is 0 Å². The Morgan fingerprint density at radius 3 is 2.60 bits per heavy atom. The van der Waals surface area contributed by atoms with E-state index in [4.69, 9.17) is 9.47 Å². The largest absolute Gasteiger partial charge is 0.497 e. The maximum Gasteiger partial charge on any atom is 0.222 e. The van der Waals surface area contributed by atoms with E-state index in [9.17, 15) is 4.79 Å². The van der Waals surface area contributed by atoms with Gasteiger partial charge in [0.25, 0.3) is 0 Å². The second kappa shape index (κ2) is 11.0. The predicted molar refractivity (Wildman–Crippen MR) is 118 cm³/mol. The second-order valence-corrected chi connectivity index (χ2v) is 7.83. The molecule has 1 amide bonds. The first kappa shape index (κ1) is 22.1. The van der Waals surface area contributed by atoms with Crippen molar-refractivity contribution in [1.82, 2.24) is 14.8 Å². The van der Waals surface area contributed by atoms with Crippen molar-refractivity contribution in [3.05, 3.63) is 53.9 Å². The number of hydrogen-bond acceptors (Lipinski definition) is 5. The van der Waals surface area contributed by atoms with Crippen molar-refractivity contribution in [1.29, 1.82) is 0 Å². The van der Waals surface area contributed by atoms with E-state index in [-0.39, 0.29) is 5.91 Å². The maximum atomic E-state index is 12.8. The molecule has 0 radical (unpaired) electrons. The second-order valence-electron chi connectivity index (χ2n) is 7.83. The molecule has 0 unspecified atom stereocenters. The summed E-state index contributed by atoms with van der Waals surface area (Å²) in [4.78, 5) is 21.6. The molecule has 6 nitrogen and oxygen atoms in total. The van der Waals surface area contributed by atoms with Gasteiger partial charge in [-0.25, -0.2) is 0 Å². The lowest BCUT2D eigenvalue weighted by atomic mass is 10.0. The number of methoxy groups -OCH3 is 2. The van der Waals surface area contributed by atoms with Crippen molar-refractivity contribution in [2.45, 2.75) is 38.1 Å². The van der Waals surface area contributed by atoms with Crippen molar-refractivity contribution in [2.24, 2.45) is 0 Å². The number of rotatable bonds is 9. The summed E-state index contributed by atoms with van der Waals surface area (Å²) >= 11 is 0. The van der Waals surface area contributed by atoms with Crippen molar-refractivity contribution in [2.75, 3.05) is 40.9 Å². The normalized spacial score (nSPS) is 15.0. The monoisotopic (exact) mass is 411 g/mol. The number of hydrogen-bond donors (Lipinski definition) is 0. The summed E-state index contributed by atoms with van der Waals surface area (Å²) in [5.74, 6) is 1.77. The van der Waals surface area contributed by atoms with E-state index in [1.807, 2.05) is 48.5 Å². The Morgan fingerprint density at radius 1 is 1.13 bits per heavy atom. The molecule has 0 spiro atoms. The molecule has 1 aromatic carbocycles. The van der Waals surface area contributed by atoms with E-state index in [0.717, 1.165) is 61.7 Å². The third-order valence-electron chi connectivity index (χ3n) is 6.00. The lowest BCUT2D eigenvalue weighted by Gasteiger charge is -2.36. The zero-order valence-electron chi connectivity index (χ0n) is 18.3. The van der Waals surface area contributed by atoms with E-state index in [1.54, 1.807) is 14.2 Å². The molecule has 0 aliphatic carbocycles. The molecule has 0 saturated carbocycles. The fraction of sp³-hybridized carbons (Fsp3) is 0.500. The molecular weight excluding hydrogens is 378 g/mol. The lowest BCUT2D eigenvalue weighted by molar-refractivity contribution is -0.132. The Labute approximate surface area is 179 Å². The molecule has 2 heterocycles. The first-order valence-electron chi connectivity index (χ1n) is 10.7. The number of nitrogens with zero attached hydrogens (tertiary/aromatic N) is 3. The molecule has 1 fully saturated rings. The van der Waals surface area contributed by atoms with E-state index in [1.165, 1.54) is 0 Å².